The van der Waals surface area contributed by atoms with Gasteiger partial charge in [0.1, 0.15) is 39.7 Å². The summed E-state index contributed by atoms with van der Waals surface area (Å²) in [5, 5.41) is 15.3. The number of hydrogen-bond donors (Lipinski definition) is 2. The Hall–Kier alpha value is -8.70. The second kappa shape index (κ2) is 29.5. The first-order chi connectivity index (χ1) is 45.4. The third kappa shape index (κ3) is 14.4. The van der Waals surface area contributed by atoms with Gasteiger partial charge in [-0.1, -0.05) is 11.6 Å². The van der Waals surface area contributed by atoms with E-state index < -0.39 is 5.97 Å². The van der Waals surface area contributed by atoms with Crippen LogP contribution in [0.3, 0.4) is 0 Å². The molecule has 2 aromatic carbocycles. The molecule has 0 unspecified atom stereocenters. The fourth-order valence-electron chi connectivity index (χ4n) is 12.0. The van der Waals surface area contributed by atoms with E-state index in [1.165, 1.54) is 7.11 Å². The summed E-state index contributed by atoms with van der Waals surface area (Å²) in [6.45, 7) is 21.0. The number of pyridine rings is 3. The van der Waals surface area contributed by atoms with Crippen LogP contribution in [0.4, 0.5) is 35.3 Å². The minimum Gasteiger partial charge on any atom is -0.496 e. The van der Waals surface area contributed by atoms with Gasteiger partial charge in [-0.2, -0.15) is 29.9 Å². The molecule has 0 aliphatic carbocycles. The number of methoxy groups -OCH3 is 2. The maximum Gasteiger partial charge on any atom is 0.339 e. The highest BCUT2D eigenvalue weighted by Crippen LogP contribution is 2.36. The molecule has 6 aromatic heterocycles. The van der Waals surface area contributed by atoms with Crippen molar-refractivity contribution in [3.05, 3.63) is 89.1 Å². The smallest absolute Gasteiger partial charge is 0.339 e. The van der Waals surface area contributed by atoms with Gasteiger partial charge in [-0.15, -0.1) is 0 Å². The molecule has 14 rings (SSSR count). The van der Waals surface area contributed by atoms with Crippen molar-refractivity contribution < 1.29 is 52.6 Å². The van der Waals surface area contributed by atoms with Gasteiger partial charge in [0, 0.05) is 77.1 Å². The van der Waals surface area contributed by atoms with Crippen LogP contribution in [0.2, 0.25) is 5.15 Å². The van der Waals surface area contributed by atoms with Gasteiger partial charge >= 0.3 is 5.97 Å². The number of morpholine rings is 6. The Morgan fingerprint density at radius 1 is 0.462 bits per heavy atom. The molecule has 6 aliphatic heterocycles. The molecule has 490 valence electrons. The lowest BCUT2D eigenvalue weighted by Crippen LogP contribution is -2.44. The number of nitrogens with zero attached hydrogens (tertiary/aromatic N) is 15. The van der Waals surface area contributed by atoms with E-state index in [1.54, 1.807) is 50.6 Å². The molecule has 6 fully saturated rings. The molecule has 3 atom stereocenters. The van der Waals surface area contributed by atoms with Gasteiger partial charge in [0.15, 0.2) is 16.9 Å². The van der Waals surface area contributed by atoms with E-state index >= 15 is 0 Å². The normalized spacial score (nSPS) is 19.6. The Morgan fingerprint density at radius 3 is 1.18 bits per heavy atom. The average molecular weight is 1290 g/mol. The maximum atomic E-state index is 12.4. The quantitative estimate of drug-likeness (QED) is 0.127. The largest absolute Gasteiger partial charge is 0.496 e. The summed E-state index contributed by atoms with van der Waals surface area (Å²) in [6.07, 6.45) is 0. The number of carbonyl (C=O) groups is 2. The Bertz CT molecular complexity index is 3970. The standard InChI is InChI=1S/C25H30N6O4.C24H27N5O5.C16H20ClN5O2/c1-16-15-35-13-10-31(16)23-18-5-6-20(17-4-7-21(33-3)19(14-17)24(32)26-2)27-22(18)28-25(29-23)30-8-11-34-12-9-30;1-15-14-34-12-9-29(15)22-17-4-5-19(16-3-6-20(32-2)18(13-16)23(30)31)25-21(17)26-24(27-22)28-7-10-33-11-8-28;1-11-10-24-9-6-22(11)15-12-2-3-13(17)18-14(12)19-16(20-15)21-4-7-23-8-5-21/h4-7,14,16H,8-13,15H2,1-3H3,(H,26,32);3-6,13,15H,7-12,14H2,1-2H3,(H,30,31);2-3,11H,4-10H2,1H3/t16-;15-;11-/m000/s1. The number of ether oxygens (including phenoxy) is 8. The fraction of sp³-hybridized carbons (Fsp3) is 0.462. The van der Waals surface area contributed by atoms with Gasteiger partial charge in [0.2, 0.25) is 17.8 Å². The first-order valence-corrected chi connectivity index (χ1v) is 31.8. The Kier molecular flexibility index (Phi) is 20.4. The van der Waals surface area contributed by atoms with Crippen LogP contribution in [0.15, 0.2) is 72.8 Å². The summed E-state index contributed by atoms with van der Waals surface area (Å²) in [5.74, 6) is 4.11. The van der Waals surface area contributed by atoms with E-state index in [4.69, 9.17) is 84.4 Å². The molecule has 0 saturated carbocycles. The van der Waals surface area contributed by atoms with E-state index in [-0.39, 0.29) is 29.6 Å². The Balaban J connectivity index is 0.000000137. The molecular weight excluding hydrogens is 1220 g/mol. The van der Waals surface area contributed by atoms with Crippen LogP contribution in [0.1, 0.15) is 41.5 Å². The third-order valence-corrected chi connectivity index (χ3v) is 17.3. The third-order valence-electron chi connectivity index (χ3n) is 17.0. The number of amides is 1. The molecule has 12 heterocycles. The van der Waals surface area contributed by atoms with Crippen molar-refractivity contribution in [3.8, 4) is 34.0 Å². The molecule has 1 amide bonds. The second-order valence-corrected chi connectivity index (χ2v) is 23.4. The number of nitrogens with one attached hydrogen (secondary N) is 1. The van der Waals surface area contributed by atoms with Gasteiger partial charge < -0.3 is 77.7 Å². The molecule has 0 radical (unpaired) electrons. The SMILES string of the molecule is CNC(=O)c1cc(-c2ccc3c(N4CCOC[C@@H]4C)nc(N4CCOCC4)nc3n2)ccc1OC.COc1ccc(-c2ccc3c(N4CCOC[C@@H]4C)nc(N4CCOCC4)nc3n2)cc1C(=O)O.C[C@H]1COCCN1c1nc(N2CCOCC2)nc2nc(Cl)ccc12. The van der Waals surface area contributed by atoms with E-state index in [1.807, 2.05) is 36.4 Å². The van der Waals surface area contributed by atoms with E-state index in [9.17, 15) is 14.7 Å². The van der Waals surface area contributed by atoms with Crippen molar-refractivity contribution in [3.63, 3.8) is 0 Å². The van der Waals surface area contributed by atoms with Crippen LogP contribution in [-0.4, -0.2) is 239 Å². The summed E-state index contributed by atoms with van der Waals surface area (Å²) in [5.41, 5.74) is 5.18. The summed E-state index contributed by atoms with van der Waals surface area (Å²) < 4.78 is 43.9. The number of fused-ring (bicyclic) bond motifs is 3. The number of rotatable bonds is 12. The summed E-state index contributed by atoms with van der Waals surface area (Å²) in [4.78, 5) is 80.6. The second-order valence-electron chi connectivity index (χ2n) is 23.0. The van der Waals surface area contributed by atoms with Crippen molar-refractivity contribution in [2.45, 2.75) is 38.9 Å². The number of hydrogen-bond acceptors (Lipinski definition) is 25. The molecule has 0 bridgehead atoms. The van der Waals surface area contributed by atoms with E-state index in [0.717, 1.165) is 90.7 Å². The summed E-state index contributed by atoms with van der Waals surface area (Å²) in [7, 11) is 4.60. The Labute approximate surface area is 543 Å². The average Bonchev–Trinajstić information content (AvgIpc) is 0.873. The number of carboxylic acids is 1. The van der Waals surface area contributed by atoms with Crippen LogP contribution < -0.4 is 44.2 Å². The summed E-state index contributed by atoms with van der Waals surface area (Å²) >= 11 is 6.08. The fourth-order valence-corrected chi connectivity index (χ4v) is 12.1. The predicted molar refractivity (Wildman–Crippen MR) is 353 cm³/mol. The van der Waals surface area contributed by atoms with E-state index in [0.29, 0.717) is 161 Å². The molecular formula is C65H77ClN16O11. The number of benzene rings is 2. The molecule has 6 saturated heterocycles. The number of carbonyl (C=O) groups excluding carboxylic acids is 1. The van der Waals surface area contributed by atoms with E-state index in [2.05, 4.69) is 65.5 Å². The van der Waals surface area contributed by atoms with Crippen molar-refractivity contribution >= 4 is 91.9 Å². The lowest BCUT2D eigenvalue weighted by molar-refractivity contribution is 0.0693. The van der Waals surface area contributed by atoms with Gasteiger partial charge in [0.25, 0.3) is 5.91 Å². The molecule has 0 spiro atoms. The molecule has 2 N–H and O–H groups in total. The van der Waals surface area contributed by atoms with Gasteiger partial charge in [-0.05, 0) is 93.6 Å². The number of anilines is 6. The highest BCUT2D eigenvalue weighted by atomic mass is 35.5. The number of carboxylic acid groups (broad SMARTS) is 1. The first kappa shape index (κ1) is 64.4. The molecule has 27 nitrogen and oxygen atoms in total. The van der Waals surface area contributed by atoms with Crippen LogP contribution in [0.25, 0.3) is 55.6 Å². The van der Waals surface area contributed by atoms with Crippen molar-refractivity contribution in [2.24, 2.45) is 0 Å². The van der Waals surface area contributed by atoms with Crippen LogP contribution in [0.5, 0.6) is 11.5 Å². The lowest BCUT2D eigenvalue weighted by Gasteiger charge is -2.35. The highest BCUT2D eigenvalue weighted by molar-refractivity contribution is 6.29. The number of halogens is 1. The minimum absolute atomic E-state index is 0.0846. The van der Waals surface area contributed by atoms with Gasteiger partial charge in [-0.25, -0.2) is 19.7 Å². The number of aromatic nitrogens is 9. The highest BCUT2D eigenvalue weighted by Gasteiger charge is 2.30. The van der Waals surface area contributed by atoms with Gasteiger partial charge in [0.05, 0.1) is 145 Å². The monoisotopic (exact) mass is 1290 g/mol. The molecule has 6 aliphatic rings. The topological polar surface area (TPSA) is 276 Å². The zero-order valence-corrected chi connectivity index (χ0v) is 53.9. The van der Waals surface area contributed by atoms with Crippen molar-refractivity contribution in [1.29, 1.82) is 0 Å². The lowest BCUT2D eigenvalue weighted by atomic mass is 10.1. The number of aromatic carboxylic acids is 1. The summed E-state index contributed by atoms with van der Waals surface area (Å²) in [6, 6.07) is 22.6. The zero-order valence-electron chi connectivity index (χ0n) is 53.1. The predicted octanol–water partition coefficient (Wildman–Crippen LogP) is 6.32. The van der Waals surface area contributed by atoms with Crippen LogP contribution in [0, 0.1) is 0 Å². The van der Waals surface area contributed by atoms with Gasteiger partial charge in [-0.3, -0.25) is 4.79 Å². The van der Waals surface area contributed by atoms with Crippen molar-refractivity contribution in [1.82, 2.24) is 50.2 Å². The Morgan fingerprint density at radius 2 is 0.817 bits per heavy atom. The molecule has 8 aromatic rings. The minimum atomic E-state index is -1.06. The van der Waals surface area contributed by atoms with Crippen LogP contribution in [-0.2, 0) is 28.4 Å². The maximum absolute atomic E-state index is 12.4. The molecule has 28 heteroatoms. The van der Waals surface area contributed by atoms with Crippen molar-refractivity contribution in [2.75, 3.05) is 189 Å². The zero-order chi connectivity index (χ0) is 64.5. The first-order valence-electron chi connectivity index (χ1n) is 31.4. The molecule has 93 heavy (non-hydrogen) atoms. The van der Waals surface area contributed by atoms with Crippen LogP contribution >= 0.6 is 11.6 Å².